The van der Waals surface area contributed by atoms with Crippen molar-refractivity contribution in [2.75, 3.05) is 0 Å². The van der Waals surface area contributed by atoms with Crippen molar-refractivity contribution in [3.05, 3.63) is 130 Å². The average molecular weight is 793 g/mol. The molecule has 0 aliphatic carbocycles. The Kier molecular flexibility index (Phi) is 10.4. The van der Waals surface area contributed by atoms with Crippen LogP contribution in [-0.2, 0) is 37.7 Å². The molecule has 6 heteroatoms. The molecular formula is C47H50N4OPd. The average Bonchev–Trinajstić information content (AvgIpc) is 3.59. The second-order valence-electron chi connectivity index (χ2n) is 16.4. The molecule has 0 amide bonds. The monoisotopic (exact) mass is 792 g/mol. The van der Waals surface area contributed by atoms with E-state index in [1.165, 1.54) is 33.4 Å². The third-order valence-corrected chi connectivity index (χ3v) is 9.98. The van der Waals surface area contributed by atoms with E-state index in [9.17, 15) is 0 Å². The van der Waals surface area contributed by atoms with Crippen LogP contribution in [0.1, 0.15) is 94.1 Å². The van der Waals surface area contributed by atoms with Crippen molar-refractivity contribution >= 4 is 21.8 Å². The Bertz CT molecular complexity index is 2450. The first-order chi connectivity index (χ1) is 24.6. The van der Waals surface area contributed by atoms with Gasteiger partial charge in [-0.1, -0.05) is 96.3 Å². The number of hydrogen-bond donors (Lipinski definition) is 0. The smallest absolute Gasteiger partial charge is 0.509 e. The number of nitrogens with zero attached hydrogens (tertiary/aromatic N) is 4. The topological polar surface area (TPSA) is 44.9 Å². The summed E-state index contributed by atoms with van der Waals surface area (Å²) in [6, 6.07) is 33.1. The molecule has 0 saturated carbocycles. The van der Waals surface area contributed by atoms with E-state index in [0.29, 0.717) is 11.5 Å². The predicted octanol–water partition coefficient (Wildman–Crippen LogP) is 12.2. The van der Waals surface area contributed by atoms with Crippen LogP contribution in [0.4, 0.5) is 0 Å². The summed E-state index contributed by atoms with van der Waals surface area (Å²) in [5, 5.41) is 7.51. The van der Waals surface area contributed by atoms with Crippen LogP contribution >= 0.6 is 0 Å². The third-order valence-electron chi connectivity index (χ3n) is 9.98. The van der Waals surface area contributed by atoms with Gasteiger partial charge < -0.3 is 9.30 Å². The molecule has 0 bridgehead atoms. The number of benzene rings is 4. The van der Waals surface area contributed by atoms with Gasteiger partial charge in [-0.2, -0.15) is 11.2 Å². The third kappa shape index (κ3) is 7.25. The molecule has 7 aromatic rings. The van der Waals surface area contributed by atoms with Crippen LogP contribution in [0.2, 0.25) is 0 Å². The van der Waals surface area contributed by atoms with E-state index in [1.54, 1.807) is 0 Å². The molecule has 0 unspecified atom stereocenters. The first kappa shape index (κ1) is 38.2. The van der Waals surface area contributed by atoms with Gasteiger partial charge in [0.1, 0.15) is 5.82 Å². The van der Waals surface area contributed by atoms with E-state index < -0.39 is 0 Å². The second-order valence-corrected chi connectivity index (χ2v) is 16.4. The Morgan fingerprint density at radius 3 is 2.13 bits per heavy atom. The molecule has 3 heterocycles. The van der Waals surface area contributed by atoms with Crippen LogP contribution in [0, 0.1) is 39.8 Å². The van der Waals surface area contributed by atoms with Gasteiger partial charge in [-0.25, -0.2) is 4.98 Å². The summed E-state index contributed by atoms with van der Waals surface area (Å²) < 4.78 is 11.1. The number of hydrogen-bond acceptors (Lipinski definition) is 3. The second kappa shape index (κ2) is 14.4. The number of ether oxygens (including phenoxy) is 1. The molecule has 0 spiro atoms. The zero-order valence-corrected chi connectivity index (χ0v) is 34.5. The van der Waals surface area contributed by atoms with Gasteiger partial charge in [-0.3, -0.25) is 4.68 Å². The van der Waals surface area contributed by atoms with Crippen LogP contribution in [0.5, 0.6) is 11.5 Å². The molecule has 0 radical (unpaired) electrons. The van der Waals surface area contributed by atoms with Crippen LogP contribution in [-0.4, -0.2) is 19.3 Å². The fraction of sp³-hybridized carbons (Fsp3) is 0.319. The minimum absolute atomic E-state index is 0. The number of fused-ring (bicyclic) bond motifs is 3. The Balaban J connectivity index is 0.00000481. The van der Waals surface area contributed by atoms with Gasteiger partial charge >= 0.3 is 20.4 Å². The van der Waals surface area contributed by atoms with E-state index in [2.05, 4.69) is 164 Å². The quantitative estimate of drug-likeness (QED) is 0.119. The van der Waals surface area contributed by atoms with Gasteiger partial charge in [0.15, 0.2) is 0 Å². The molecule has 274 valence electrons. The standard InChI is InChI=1S/C47H50N4O.Pd/c1-12-15-33-20-21-48-42(24-33)50-40-17-14-13-16-38(40)39-19-18-36(28-41(39)50)52-37-26-34(46(6,7)8)25-35(27-37)51-45(47(9,10)11)44(32(5)49-51)43-30(3)22-29(2)23-31(43)4;/h13-14,16-26H,12,15H2,1-11H3;/q-2;+2. The molecule has 0 atom stereocenters. The van der Waals surface area contributed by atoms with E-state index in [-0.39, 0.29) is 31.3 Å². The van der Waals surface area contributed by atoms with Crippen molar-refractivity contribution in [3.8, 4) is 34.1 Å². The number of para-hydroxylation sites is 1. The van der Waals surface area contributed by atoms with Gasteiger partial charge in [0.05, 0.1) is 11.4 Å². The van der Waals surface area contributed by atoms with Gasteiger partial charge in [0, 0.05) is 34.2 Å². The van der Waals surface area contributed by atoms with Crippen molar-refractivity contribution in [1.82, 2.24) is 19.3 Å². The maximum atomic E-state index is 6.75. The molecule has 53 heavy (non-hydrogen) atoms. The van der Waals surface area contributed by atoms with Crippen molar-refractivity contribution in [2.24, 2.45) is 0 Å². The van der Waals surface area contributed by atoms with Gasteiger partial charge in [-0.05, 0) is 91.1 Å². The van der Waals surface area contributed by atoms with Crippen molar-refractivity contribution in [3.63, 3.8) is 0 Å². The molecule has 0 N–H and O–H groups in total. The predicted molar refractivity (Wildman–Crippen MR) is 216 cm³/mol. The van der Waals surface area contributed by atoms with Crippen molar-refractivity contribution < 1.29 is 25.2 Å². The molecule has 0 fully saturated rings. The number of aryl methyl sites for hydroxylation is 5. The number of pyridine rings is 1. The van der Waals surface area contributed by atoms with Gasteiger partial charge in [-0.15, -0.1) is 41.3 Å². The molecule has 3 aromatic heterocycles. The Morgan fingerprint density at radius 2 is 1.45 bits per heavy atom. The van der Waals surface area contributed by atoms with Gasteiger partial charge in [0.2, 0.25) is 0 Å². The maximum absolute atomic E-state index is 6.75. The summed E-state index contributed by atoms with van der Waals surface area (Å²) in [6.45, 7) is 24.4. The summed E-state index contributed by atoms with van der Waals surface area (Å²) >= 11 is 0. The molecular weight excluding hydrogens is 743 g/mol. The fourth-order valence-electron chi connectivity index (χ4n) is 7.72. The number of rotatable bonds is 7. The Hall–Kier alpha value is -4.50. The Labute approximate surface area is 329 Å². The minimum atomic E-state index is -0.207. The van der Waals surface area contributed by atoms with E-state index >= 15 is 0 Å². The fourth-order valence-corrected chi connectivity index (χ4v) is 7.72. The first-order valence-electron chi connectivity index (χ1n) is 18.5. The molecule has 7 rings (SSSR count). The zero-order valence-electron chi connectivity index (χ0n) is 32.9. The van der Waals surface area contributed by atoms with Crippen molar-refractivity contribution in [1.29, 1.82) is 0 Å². The van der Waals surface area contributed by atoms with Crippen molar-refractivity contribution in [2.45, 2.75) is 99.8 Å². The molecule has 0 aliphatic rings. The first-order valence-corrected chi connectivity index (χ1v) is 18.5. The Morgan fingerprint density at radius 1 is 0.736 bits per heavy atom. The van der Waals surface area contributed by atoms with E-state index in [0.717, 1.165) is 63.1 Å². The SMILES string of the molecule is CCCc1ccnc(-n2c3[c-]c(Oc4[c-]c(-n5nc(C)c(-c6c(C)cc(C)cc6C)c5C(C)(C)C)cc(C(C)(C)C)c4)ccc3c3ccccc32)c1.[Pd+2]. The van der Waals surface area contributed by atoms with Crippen LogP contribution in [0.25, 0.3) is 44.4 Å². The summed E-state index contributed by atoms with van der Waals surface area (Å²) in [4.78, 5) is 4.82. The maximum Gasteiger partial charge on any atom is 2.00 e. The summed E-state index contributed by atoms with van der Waals surface area (Å²) in [5.41, 5.74) is 13.3. The number of aromatic nitrogens is 4. The van der Waals surface area contributed by atoms with Crippen LogP contribution in [0.3, 0.4) is 0 Å². The molecule has 5 nitrogen and oxygen atoms in total. The van der Waals surface area contributed by atoms with Crippen LogP contribution in [0.15, 0.2) is 79.0 Å². The summed E-state index contributed by atoms with van der Waals surface area (Å²) in [6.07, 6.45) is 3.99. The zero-order chi connectivity index (χ0) is 37.1. The van der Waals surface area contributed by atoms with Gasteiger partial charge in [0.25, 0.3) is 0 Å². The minimum Gasteiger partial charge on any atom is -0.509 e. The largest absolute Gasteiger partial charge is 2.00 e. The van der Waals surface area contributed by atoms with E-state index in [4.69, 9.17) is 14.8 Å². The molecule has 0 aliphatic heterocycles. The van der Waals surface area contributed by atoms with E-state index in [1.807, 2.05) is 12.3 Å². The normalized spacial score (nSPS) is 12.1. The van der Waals surface area contributed by atoms with Crippen LogP contribution < -0.4 is 4.74 Å². The summed E-state index contributed by atoms with van der Waals surface area (Å²) in [5.74, 6) is 2.13. The summed E-state index contributed by atoms with van der Waals surface area (Å²) in [7, 11) is 0. The molecule has 4 aromatic carbocycles. The molecule has 0 saturated heterocycles.